The minimum Gasteiger partial charge on any atom is -0.466 e. The Morgan fingerprint density at radius 3 is 2.64 bits per heavy atom. The van der Waals surface area contributed by atoms with Crippen LogP contribution in [0.1, 0.15) is 64.6 Å². The second kappa shape index (κ2) is 10.3. The van der Waals surface area contributed by atoms with Crippen LogP contribution in [0.4, 0.5) is 0 Å². The van der Waals surface area contributed by atoms with E-state index < -0.39 is 5.60 Å². The number of nitrogens with zero attached hydrogens (tertiary/aromatic N) is 2. The second-order valence-electron chi connectivity index (χ2n) is 8.67. The van der Waals surface area contributed by atoms with Crippen LogP contribution in [0.2, 0.25) is 0 Å². The van der Waals surface area contributed by atoms with Gasteiger partial charge in [0.1, 0.15) is 11.4 Å². The molecule has 28 heavy (non-hydrogen) atoms. The molecule has 1 atom stereocenters. The molecule has 2 fully saturated rings. The molecule has 6 heteroatoms. The molecule has 6 nitrogen and oxygen atoms in total. The van der Waals surface area contributed by atoms with Crippen molar-refractivity contribution < 1.29 is 9.52 Å². The van der Waals surface area contributed by atoms with Gasteiger partial charge in [-0.1, -0.05) is 19.3 Å². The van der Waals surface area contributed by atoms with Crippen LogP contribution in [0.5, 0.6) is 0 Å². The summed E-state index contributed by atoms with van der Waals surface area (Å²) in [6, 6.07) is 4.02. The minimum absolute atomic E-state index is 0.260. The number of furan rings is 1. The van der Waals surface area contributed by atoms with Gasteiger partial charge in [0, 0.05) is 32.2 Å². The minimum atomic E-state index is -1.10. The zero-order chi connectivity index (χ0) is 19.8. The molecule has 1 saturated carbocycles. The molecule has 0 spiro atoms. The number of aliphatic imine (C=N–C) groups is 1. The average Bonchev–Trinajstić information content (AvgIpc) is 3.25. The third-order valence-corrected chi connectivity index (χ3v) is 6.11. The molecule has 1 aliphatic carbocycles. The molecule has 1 saturated heterocycles. The molecule has 1 aliphatic heterocycles. The zero-order valence-electron chi connectivity index (χ0n) is 17.6. The zero-order valence-corrected chi connectivity index (χ0v) is 17.6. The van der Waals surface area contributed by atoms with E-state index in [1.54, 1.807) is 25.3 Å². The molecule has 3 N–H and O–H groups in total. The van der Waals surface area contributed by atoms with Gasteiger partial charge in [-0.2, -0.15) is 0 Å². The van der Waals surface area contributed by atoms with Crippen molar-refractivity contribution in [1.82, 2.24) is 15.5 Å². The van der Waals surface area contributed by atoms with Gasteiger partial charge in [-0.3, -0.25) is 0 Å². The van der Waals surface area contributed by atoms with E-state index in [2.05, 4.69) is 27.4 Å². The van der Waals surface area contributed by atoms with Crippen molar-refractivity contribution >= 4 is 5.96 Å². The lowest BCUT2D eigenvalue weighted by atomic mass is 9.88. The molecular formula is C22H38N4O2. The van der Waals surface area contributed by atoms with Crippen LogP contribution in [-0.2, 0) is 5.60 Å². The number of rotatable bonds is 7. The number of hydrogen-bond donors (Lipinski definition) is 3. The van der Waals surface area contributed by atoms with Crippen LogP contribution < -0.4 is 10.6 Å². The normalized spacial score (nSPS) is 22.8. The van der Waals surface area contributed by atoms with Gasteiger partial charge < -0.3 is 25.1 Å². The molecule has 0 aromatic carbocycles. The Kier molecular flexibility index (Phi) is 7.80. The predicted octanol–water partition coefficient (Wildman–Crippen LogP) is 3.09. The fourth-order valence-corrected chi connectivity index (χ4v) is 4.40. The molecule has 3 rings (SSSR count). The summed E-state index contributed by atoms with van der Waals surface area (Å²) in [6.45, 7) is 8.48. The third kappa shape index (κ3) is 6.24. The number of piperidine rings is 1. The summed E-state index contributed by atoms with van der Waals surface area (Å²) in [7, 11) is 0. The molecule has 1 aromatic rings. The molecule has 0 radical (unpaired) electrons. The van der Waals surface area contributed by atoms with Crippen LogP contribution in [0.15, 0.2) is 27.8 Å². The number of guanidine groups is 1. The summed E-state index contributed by atoms with van der Waals surface area (Å²) in [5.74, 6) is 2.24. The van der Waals surface area contributed by atoms with E-state index in [-0.39, 0.29) is 6.54 Å². The van der Waals surface area contributed by atoms with Gasteiger partial charge in [-0.15, -0.1) is 0 Å². The summed E-state index contributed by atoms with van der Waals surface area (Å²) >= 11 is 0. The Morgan fingerprint density at radius 1 is 1.25 bits per heavy atom. The molecule has 0 amide bonds. The van der Waals surface area contributed by atoms with Crippen molar-refractivity contribution in [3.63, 3.8) is 0 Å². The van der Waals surface area contributed by atoms with Crippen LogP contribution in [0.3, 0.4) is 0 Å². The maximum absolute atomic E-state index is 10.6. The number of likely N-dealkylation sites (tertiary alicyclic amines) is 1. The van der Waals surface area contributed by atoms with Gasteiger partial charge in [0.05, 0.1) is 12.8 Å². The smallest absolute Gasteiger partial charge is 0.191 e. The standard InChI is InChI=1S/C22H38N4O2/c1-3-23-21(24-17-22(2,27)20-10-7-15-28-20)25-19-11-13-26(14-12-19)16-18-8-5-4-6-9-18/h7,10,15,18-19,27H,3-6,8-9,11-14,16-17H2,1-2H3,(H2,23,24,25). The van der Waals surface area contributed by atoms with E-state index in [0.717, 1.165) is 44.4 Å². The highest BCUT2D eigenvalue weighted by atomic mass is 16.4. The van der Waals surface area contributed by atoms with Gasteiger partial charge in [0.2, 0.25) is 0 Å². The summed E-state index contributed by atoms with van der Waals surface area (Å²) < 4.78 is 5.35. The Bertz CT molecular complexity index is 586. The quantitative estimate of drug-likeness (QED) is 0.493. The molecule has 0 bridgehead atoms. The summed E-state index contributed by atoms with van der Waals surface area (Å²) in [5, 5.41) is 17.5. The highest BCUT2D eigenvalue weighted by molar-refractivity contribution is 5.80. The first-order valence-corrected chi connectivity index (χ1v) is 11.1. The highest BCUT2D eigenvalue weighted by Gasteiger charge is 2.27. The van der Waals surface area contributed by atoms with Gasteiger partial charge in [-0.05, 0) is 57.6 Å². The van der Waals surface area contributed by atoms with Crippen molar-refractivity contribution in [2.45, 2.75) is 70.4 Å². The SMILES string of the molecule is CCNC(=NCC(C)(O)c1ccco1)NC1CCN(CC2CCCCC2)CC1. The summed E-state index contributed by atoms with van der Waals surface area (Å²) in [6.07, 6.45) is 11.0. The number of nitrogens with one attached hydrogen (secondary N) is 2. The summed E-state index contributed by atoms with van der Waals surface area (Å²) in [5.41, 5.74) is -1.10. The van der Waals surface area contributed by atoms with Gasteiger partial charge in [0.25, 0.3) is 0 Å². The molecule has 2 heterocycles. The molecule has 2 aliphatic rings. The van der Waals surface area contributed by atoms with Crippen molar-refractivity contribution in [1.29, 1.82) is 0 Å². The number of aliphatic hydroxyl groups is 1. The Morgan fingerprint density at radius 2 is 2.00 bits per heavy atom. The lowest BCUT2D eigenvalue weighted by Crippen LogP contribution is -2.49. The first kappa shape index (κ1) is 21.2. The van der Waals surface area contributed by atoms with E-state index in [1.807, 2.05) is 0 Å². The molecule has 158 valence electrons. The van der Waals surface area contributed by atoms with Gasteiger partial charge >= 0.3 is 0 Å². The fraction of sp³-hybridized carbons (Fsp3) is 0.773. The van der Waals surface area contributed by atoms with Crippen molar-refractivity contribution in [3.05, 3.63) is 24.2 Å². The molecule has 1 aromatic heterocycles. The van der Waals surface area contributed by atoms with Gasteiger partial charge in [-0.25, -0.2) is 4.99 Å². The third-order valence-electron chi connectivity index (χ3n) is 6.11. The number of hydrogen-bond acceptors (Lipinski definition) is 4. The molecular weight excluding hydrogens is 352 g/mol. The van der Waals surface area contributed by atoms with E-state index in [0.29, 0.717) is 11.8 Å². The van der Waals surface area contributed by atoms with Crippen LogP contribution in [-0.4, -0.2) is 54.7 Å². The van der Waals surface area contributed by atoms with Crippen LogP contribution in [0.25, 0.3) is 0 Å². The fourth-order valence-electron chi connectivity index (χ4n) is 4.40. The molecule has 1 unspecified atom stereocenters. The topological polar surface area (TPSA) is 73.0 Å². The monoisotopic (exact) mass is 390 g/mol. The van der Waals surface area contributed by atoms with E-state index >= 15 is 0 Å². The second-order valence-corrected chi connectivity index (χ2v) is 8.67. The van der Waals surface area contributed by atoms with Crippen molar-refractivity contribution in [2.24, 2.45) is 10.9 Å². The van der Waals surface area contributed by atoms with Crippen molar-refractivity contribution in [2.75, 3.05) is 32.7 Å². The van der Waals surface area contributed by atoms with E-state index in [9.17, 15) is 5.11 Å². The van der Waals surface area contributed by atoms with Crippen molar-refractivity contribution in [3.8, 4) is 0 Å². The Hall–Kier alpha value is -1.53. The average molecular weight is 391 g/mol. The maximum Gasteiger partial charge on any atom is 0.191 e. The first-order valence-electron chi connectivity index (χ1n) is 11.1. The largest absolute Gasteiger partial charge is 0.466 e. The lowest BCUT2D eigenvalue weighted by molar-refractivity contribution is 0.0436. The first-order chi connectivity index (χ1) is 13.6. The van der Waals surface area contributed by atoms with E-state index in [4.69, 9.17) is 4.42 Å². The highest BCUT2D eigenvalue weighted by Crippen LogP contribution is 2.25. The summed E-state index contributed by atoms with van der Waals surface area (Å²) in [4.78, 5) is 7.27. The van der Waals surface area contributed by atoms with E-state index in [1.165, 1.54) is 38.6 Å². The Balaban J connectivity index is 1.46. The van der Waals surface area contributed by atoms with Crippen LogP contribution >= 0.6 is 0 Å². The predicted molar refractivity (Wildman–Crippen MR) is 113 cm³/mol. The maximum atomic E-state index is 10.6. The van der Waals surface area contributed by atoms with Crippen LogP contribution in [0, 0.1) is 5.92 Å². The van der Waals surface area contributed by atoms with Gasteiger partial charge in [0.15, 0.2) is 5.96 Å². The lowest BCUT2D eigenvalue weighted by Gasteiger charge is -2.36. The Labute approximate surface area is 169 Å².